The van der Waals surface area contributed by atoms with E-state index in [0.29, 0.717) is 15.8 Å². The average Bonchev–Trinajstić information content (AvgIpc) is 2.70. The van der Waals surface area contributed by atoms with E-state index >= 15 is 0 Å². The zero-order chi connectivity index (χ0) is 14.3. The molecule has 0 unspecified atom stereocenters. The van der Waals surface area contributed by atoms with Gasteiger partial charge in [-0.3, -0.25) is 0 Å². The van der Waals surface area contributed by atoms with E-state index < -0.39 is 0 Å². The van der Waals surface area contributed by atoms with E-state index in [1.807, 2.05) is 19.1 Å². The highest BCUT2D eigenvalue weighted by Gasteiger charge is 2.13. The molecule has 0 spiro atoms. The second-order valence-electron chi connectivity index (χ2n) is 4.78. The van der Waals surface area contributed by atoms with Crippen molar-refractivity contribution in [3.63, 3.8) is 0 Å². The Morgan fingerprint density at radius 1 is 1.10 bits per heavy atom. The molecule has 0 radical (unpaired) electrons. The number of hydrogen-bond donors (Lipinski definition) is 0. The maximum atomic E-state index is 6.11. The molecular weight excluding hydrogens is 293 g/mol. The van der Waals surface area contributed by atoms with E-state index in [9.17, 15) is 0 Å². The monoisotopic (exact) mass is 305 g/mol. The van der Waals surface area contributed by atoms with Crippen molar-refractivity contribution in [2.45, 2.75) is 20.4 Å². The van der Waals surface area contributed by atoms with Crippen molar-refractivity contribution in [2.75, 3.05) is 0 Å². The van der Waals surface area contributed by atoms with Crippen LogP contribution in [0.5, 0.6) is 0 Å². The first-order chi connectivity index (χ1) is 9.56. The summed E-state index contributed by atoms with van der Waals surface area (Å²) in [6.07, 6.45) is 0. The third kappa shape index (κ3) is 2.28. The van der Waals surface area contributed by atoms with Crippen LogP contribution in [-0.4, -0.2) is 14.5 Å². The molecule has 2 heterocycles. The highest BCUT2D eigenvalue weighted by Crippen LogP contribution is 2.26. The summed E-state index contributed by atoms with van der Waals surface area (Å²) in [7, 11) is 0. The minimum Gasteiger partial charge on any atom is -0.324 e. The summed E-state index contributed by atoms with van der Waals surface area (Å²) in [6.45, 7) is 4.81. The van der Waals surface area contributed by atoms with Crippen LogP contribution in [-0.2, 0) is 6.54 Å². The van der Waals surface area contributed by atoms with E-state index in [-0.39, 0.29) is 0 Å². The van der Waals surface area contributed by atoms with Crippen LogP contribution in [0.4, 0.5) is 0 Å². The van der Waals surface area contributed by atoms with E-state index in [0.717, 1.165) is 17.9 Å². The van der Waals surface area contributed by atoms with Crippen LogP contribution in [0.25, 0.3) is 11.0 Å². The fourth-order valence-corrected chi connectivity index (χ4v) is 2.79. The number of halogens is 2. The molecule has 0 atom stereocenters. The number of imidazole rings is 1. The molecule has 20 heavy (non-hydrogen) atoms. The van der Waals surface area contributed by atoms with Gasteiger partial charge in [0.2, 0.25) is 0 Å². The van der Waals surface area contributed by atoms with Gasteiger partial charge in [-0.15, -0.1) is 0 Å². The standard InChI is InChI=1S/C15H13Cl2N3/c1-9-5-3-4-6-11(9)8-20-10(2)18-14-12(20)7-13(16)19-15(14)17/h3-7H,8H2,1-2H3. The summed E-state index contributed by atoms with van der Waals surface area (Å²) in [5, 5.41) is 0.729. The molecule has 2 aromatic heterocycles. The maximum Gasteiger partial charge on any atom is 0.158 e. The summed E-state index contributed by atoms with van der Waals surface area (Å²) in [5.41, 5.74) is 4.11. The molecule has 0 aliphatic carbocycles. The molecule has 0 aliphatic rings. The van der Waals surface area contributed by atoms with E-state index in [1.165, 1.54) is 11.1 Å². The number of fused-ring (bicyclic) bond motifs is 1. The number of aromatic nitrogens is 3. The largest absolute Gasteiger partial charge is 0.324 e. The van der Waals surface area contributed by atoms with Gasteiger partial charge >= 0.3 is 0 Å². The quantitative estimate of drug-likeness (QED) is 0.657. The van der Waals surface area contributed by atoms with Gasteiger partial charge in [0, 0.05) is 12.6 Å². The predicted molar refractivity (Wildman–Crippen MR) is 82.6 cm³/mol. The lowest BCUT2D eigenvalue weighted by Crippen LogP contribution is -2.03. The molecule has 5 heteroatoms. The van der Waals surface area contributed by atoms with E-state index in [1.54, 1.807) is 6.07 Å². The van der Waals surface area contributed by atoms with Crippen molar-refractivity contribution in [1.29, 1.82) is 0 Å². The highest BCUT2D eigenvalue weighted by atomic mass is 35.5. The fourth-order valence-electron chi connectivity index (χ4n) is 2.33. The van der Waals surface area contributed by atoms with Crippen LogP contribution >= 0.6 is 23.2 Å². The number of aryl methyl sites for hydroxylation is 2. The molecular formula is C15H13Cl2N3. The molecule has 3 rings (SSSR count). The van der Waals surface area contributed by atoms with E-state index in [4.69, 9.17) is 23.2 Å². The SMILES string of the molecule is Cc1ccccc1Cn1c(C)nc2c(Cl)nc(Cl)cc21. The Labute approximate surface area is 127 Å². The van der Waals surface area contributed by atoms with Gasteiger partial charge < -0.3 is 4.57 Å². The van der Waals surface area contributed by atoms with Crippen LogP contribution in [0.2, 0.25) is 10.3 Å². The van der Waals surface area contributed by atoms with Crippen molar-refractivity contribution in [2.24, 2.45) is 0 Å². The number of rotatable bonds is 2. The normalized spacial score (nSPS) is 11.2. The number of benzene rings is 1. The molecule has 0 fully saturated rings. The lowest BCUT2D eigenvalue weighted by Gasteiger charge is -2.09. The zero-order valence-corrected chi connectivity index (χ0v) is 12.7. The highest BCUT2D eigenvalue weighted by molar-refractivity contribution is 6.36. The predicted octanol–water partition coefficient (Wildman–Crippen LogP) is 4.40. The lowest BCUT2D eigenvalue weighted by molar-refractivity contribution is 0.781. The van der Waals surface area contributed by atoms with Gasteiger partial charge in [0.05, 0.1) is 5.52 Å². The van der Waals surface area contributed by atoms with Crippen molar-refractivity contribution in [1.82, 2.24) is 14.5 Å². The van der Waals surface area contributed by atoms with Gasteiger partial charge in [0.25, 0.3) is 0 Å². The summed E-state index contributed by atoms with van der Waals surface area (Å²) < 4.78 is 2.11. The molecule has 102 valence electrons. The number of pyridine rings is 1. The van der Waals surface area contributed by atoms with Gasteiger partial charge in [-0.05, 0) is 25.0 Å². The topological polar surface area (TPSA) is 30.7 Å². The number of nitrogens with zero attached hydrogens (tertiary/aromatic N) is 3. The molecule has 0 aliphatic heterocycles. The first-order valence-electron chi connectivity index (χ1n) is 6.29. The van der Waals surface area contributed by atoms with Gasteiger partial charge in [-0.2, -0.15) is 0 Å². The molecule has 0 N–H and O–H groups in total. The lowest BCUT2D eigenvalue weighted by atomic mass is 10.1. The van der Waals surface area contributed by atoms with Crippen LogP contribution in [0.1, 0.15) is 17.0 Å². The summed E-state index contributed by atoms with van der Waals surface area (Å²) in [5.74, 6) is 0.897. The first kappa shape index (κ1) is 13.4. The maximum absolute atomic E-state index is 6.11. The smallest absolute Gasteiger partial charge is 0.158 e. The Kier molecular flexibility index (Phi) is 3.40. The Morgan fingerprint density at radius 2 is 1.85 bits per heavy atom. The molecule has 0 amide bonds. The van der Waals surface area contributed by atoms with Gasteiger partial charge in [-0.25, -0.2) is 9.97 Å². The molecule has 1 aromatic carbocycles. The minimum atomic E-state index is 0.346. The van der Waals surface area contributed by atoms with Crippen LogP contribution in [0.3, 0.4) is 0 Å². The van der Waals surface area contributed by atoms with Gasteiger partial charge in [0.15, 0.2) is 5.15 Å². The molecule has 3 aromatic rings. The van der Waals surface area contributed by atoms with Crippen LogP contribution < -0.4 is 0 Å². The molecule has 0 bridgehead atoms. The first-order valence-corrected chi connectivity index (χ1v) is 7.05. The van der Waals surface area contributed by atoms with Crippen molar-refractivity contribution in [3.05, 3.63) is 57.6 Å². The molecule has 0 saturated carbocycles. The van der Waals surface area contributed by atoms with Crippen LogP contribution in [0, 0.1) is 13.8 Å². The second-order valence-corrected chi connectivity index (χ2v) is 5.52. The van der Waals surface area contributed by atoms with Crippen molar-refractivity contribution < 1.29 is 0 Å². The van der Waals surface area contributed by atoms with Crippen molar-refractivity contribution in [3.8, 4) is 0 Å². The average molecular weight is 306 g/mol. The minimum absolute atomic E-state index is 0.346. The summed E-state index contributed by atoms with van der Waals surface area (Å²) >= 11 is 12.1. The molecule has 3 nitrogen and oxygen atoms in total. The Hall–Kier alpha value is -1.58. The summed E-state index contributed by atoms with van der Waals surface area (Å²) in [6, 6.07) is 10.1. The number of hydrogen-bond acceptors (Lipinski definition) is 2. The summed E-state index contributed by atoms with van der Waals surface area (Å²) in [4.78, 5) is 8.53. The van der Waals surface area contributed by atoms with Gasteiger partial charge in [-0.1, -0.05) is 47.5 Å². The Bertz CT molecular complexity index is 793. The van der Waals surface area contributed by atoms with Crippen molar-refractivity contribution >= 4 is 34.2 Å². The second kappa shape index (κ2) is 5.08. The Morgan fingerprint density at radius 3 is 2.60 bits per heavy atom. The van der Waals surface area contributed by atoms with E-state index in [2.05, 4.69) is 33.6 Å². The Balaban J connectivity index is 2.17. The van der Waals surface area contributed by atoms with Crippen LogP contribution in [0.15, 0.2) is 30.3 Å². The molecule has 0 saturated heterocycles. The zero-order valence-electron chi connectivity index (χ0n) is 11.2. The third-order valence-corrected chi connectivity index (χ3v) is 3.90. The fraction of sp³-hybridized carbons (Fsp3) is 0.200. The third-order valence-electron chi connectivity index (χ3n) is 3.44. The van der Waals surface area contributed by atoms with Gasteiger partial charge in [0.1, 0.15) is 16.5 Å².